The van der Waals surface area contributed by atoms with Gasteiger partial charge in [-0.2, -0.15) is 5.10 Å². The molecule has 0 aliphatic carbocycles. The van der Waals surface area contributed by atoms with Crippen LogP contribution in [0.5, 0.6) is 0 Å². The van der Waals surface area contributed by atoms with Gasteiger partial charge in [0.1, 0.15) is 11.4 Å². The lowest BCUT2D eigenvalue weighted by Gasteiger charge is -2.35. The second-order valence-electron chi connectivity index (χ2n) is 7.34. The minimum Gasteiger partial charge on any atom is -0.375 e. The van der Waals surface area contributed by atoms with E-state index in [1.165, 1.54) is 11.7 Å². The van der Waals surface area contributed by atoms with Crippen molar-refractivity contribution in [1.82, 2.24) is 24.9 Å². The monoisotopic (exact) mass is 385 g/mol. The third kappa shape index (κ3) is 4.44. The molecule has 2 amide bonds. The van der Waals surface area contributed by atoms with Gasteiger partial charge in [0.2, 0.25) is 5.91 Å². The quantitative estimate of drug-likeness (QED) is 0.794. The Morgan fingerprint density at radius 3 is 2.78 bits per heavy atom. The molecule has 0 saturated carbocycles. The first-order valence-electron chi connectivity index (χ1n) is 8.93. The summed E-state index contributed by atoms with van der Waals surface area (Å²) < 4.78 is 32.5. The highest BCUT2D eigenvalue weighted by Crippen LogP contribution is 2.25. The zero-order valence-electron chi connectivity index (χ0n) is 15.7. The Balaban J connectivity index is 1.55. The van der Waals surface area contributed by atoms with Crippen LogP contribution < -0.4 is 5.32 Å². The minimum absolute atomic E-state index is 0.0218. The van der Waals surface area contributed by atoms with Crippen LogP contribution in [0.2, 0.25) is 0 Å². The highest BCUT2D eigenvalue weighted by Gasteiger charge is 2.38. The molecule has 0 spiro atoms. The van der Waals surface area contributed by atoms with Gasteiger partial charge in [0.15, 0.2) is 0 Å². The fourth-order valence-electron chi connectivity index (χ4n) is 3.62. The van der Waals surface area contributed by atoms with Crippen molar-refractivity contribution in [3.63, 3.8) is 0 Å². The van der Waals surface area contributed by atoms with Crippen LogP contribution in [0, 0.1) is 0 Å². The highest BCUT2D eigenvalue weighted by molar-refractivity contribution is 5.92. The average Bonchev–Trinajstić information content (AvgIpc) is 3.17. The van der Waals surface area contributed by atoms with E-state index in [0.29, 0.717) is 26.1 Å². The van der Waals surface area contributed by atoms with Gasteiger partial charge in [-0.25, -0.2) is 8.78 Å². The average molecular weight is 385 g/mol. The number of nitrogens with zero attached hydrogens (tertiary/aromatic N) is 4. The number of hydrogen-bond acceptors (Lipinski definition) is 5. The van der Waals surface area contributed by atoms with Gasteiger partial charge in [0.05, 0.1) is 19.1 Å². The van der Waals surface area contributed by atoms with Crippen molar-refractivity contribution in [2.75, 3.05) is 33.8 Å². The van der Waals surface area contributed by atoms with Crippen molar-refractivity contribution >= 4 is 11.8 Å². The standard InChI is InChI=1S/C17H25F2N5O3/c1-22(2)15(25)5-12-8-24-7-10(4-11(24)9-27-12)20-17(26)14-6-13(16(18)19)21-23(14)3/h6,10-12,16H,4-5,7-9H2,1-3H3,(H,20,26)/t10-,11-,12-/m0/s1. The summed E-state index contributed by atoms with van der Waals surface area (Å²) >= 11 is 0. The topological polar surface area (TPSA) is 79.7 Å². The van der Waals surface area contributed by atoms with Crippen LogP contribution in [-0.2, 0) is 16.6 Å². The van der Waals surface area contributed by atoms with Crippen LogP contribution in [-0.4, -0.2) is 83.4 Å². The minimum atomic E-state index is -2.71. The number of nitrogens with one attached hydrogen (secondary N) is 1. The third-order valence-corrected chi connectivity index (χ3v) is 5.08. The fourth-order valence-corrected chi connectivity index (χ4v) is 3.62. The predicted octanol–water partition coefficient (Wildman–Crippen LogP) is 0.408. The number of amides is 2. The van der Waals surface area contributed by atoms with Crippen LogP contribution in [0.15, 0.2) is 6.07 Å². The smallest absolute Gasteiger partial charge is 0.282 e. The number of alkyl halides is 2. The van der Waals surface area contributed by atoms with E-state index in [9.17, 15) is 18.4 Å². The molecule has 2 aliphatic rings. The maximum atomic E-state index is 12.8. The molecular formula is C17H25F2N5O3. The number of carbonyl (C=O) groups is 2. The molecule has 2 saturated heterocycles. The summed E-state index contributed by atoms with van der Waals surface area (Å²) in [7, 11) is 4.90. The molecule has 10 heteroatoms. The van der Waals surface area contributed by atoms with Gasteiger partial charge < -0.3 is 15.0 Å². The molecule has 1 aromatic heterocycles. The predicted molar refractivity (Wildman–Crippen MR) is 92.4 cm³/mol. The number of aromatic nitrogens is 2. The first-order valence-corrected chi connectivity index (χ1v) is 8.93. The van der Waals surface area contributed by atoms with Gasteiger partial charge in [-0.3, -0.25) is 19.2 Å². The van der Waals surface area contributed by atoms with Gasteiger partial charge in [0, 0.05) is 46.3 Å². The largest absolute Gasteiger partial charge is 0.375 e. The molecule has 1 N–H and O–H groups in total. The van der Waals surface area contributed by atoms with Crippen molar-refractivity contribution in [3.05, 3.63) is 17.5 Å². The Hall–Kier alpha value is -2.07. The van der Waals surface area contributed by atoms with Gasteiger partial charge in [-0.05, 0) is 12.5 Å². The van der Waals surface area contributed by atoms with E-state index in [1.807, 2.05) is 0 Å². The molecular weight excluding hydrogens is 360 g/mol. The van der Waals surface area contributed by atoms with Crippen LogP contribution in [0.3, 0.4) is 0 Å². The van der Waals surface area contributed by atoms with Crippen LogP contribution in [0.25, 0.3) is 0 Å². The number of fused-ring (bicyclic) bond motifs is 1. The number of rotatable bonds is 5. The van der Waals surface area contributed by atoms with E-state index >= 15 is 0 Å². The normalized spacial score (nSPS) is 25.5. The third-order valence-electron chi connectivity index (χ3n) is 5.08. The molecule has 1 aromatic rings. The lowest BCUT2D eigenvalue weighted by molar-refractivity contribution is -0.134. The van der Waals surface area contributed by atoms with Crippen molar-refractivity contribution in [2.24, 2.45) is 7.05 Å². The van der Waals surface area contributed by atoms with E-state index in [1.54, 1.807) is 19.0 Å². The van der Waals surface area contributed by atoms with E-state index in [-0.39, 0.29) is 29.8 Å². The van der Waals surface area contributed by atoms with Crippen molar-refractivity contribution in [1.29, 1.82) is 0 Å². The highest BCUT2D eigenvalue weighted by atomic mass is 19.3. The van der Waals surface area contributed by atoms with Crippen molar-refractivity contribution < 1.29 is 23.1 Å². The summed E-state index contributed by atoms with van der Waals surface area (Å²) in [6.07, 6.45) is -1.81. The summed E-state index contributed by atoms with van der Waals surface area (Å²) in [5.41, 5.74) is -0.297. The summed E-state index contributed by atoms with van der Waals surface area (Å²) in [6, 6.07) is 1.21. The van der Waals surface area contributed by atoms with Crippen LogP contribution >= 0.6 is 0 Å². The molecule has 2 aliphatic heterocycles. The van der Waals surface area contributed by atoms with Crippen LogP contribution in [0.4, 0.5) is 8.78 Å². The Morgan fingerprint density at radius 1 is 1.41 bits per heavy atom. The number of aryl methyl sites for hydroxylation is 1. The fraction of sp³-hybridized carbons (Fsp3) is 0.706. The molecule has 0 radical (unpaired) electrons. The number of carbonyl (C=O) groups excluding carboxylic acids is 2. The molecule has 27 heavy (non-hydrogen) atoms. The van der Waals surface area contributed by atoms with Gasteiger partial charge >= 0.3 is 0 Å². The zero-order valence-corrected chi connectivity index (χ0v) is 15.7. The van der Waals surface area contributed by atoms with E-state index in [4.69, 9.17) is 4.74 Å². The Bertz CT molecular complexity index is 709. The summed E-state index contributed by atoms with van der Waals surface area (Å²) in [5, 5.41) is 6.57. The molecule has 0 bridgehead atoms. The van der Waals surface area contributed by atoms with E-state index in [0.717, 1.165) is 12.5 Å². The van der Waals surface area contributed by atoms with E-state index in [2.05, 4.69) is 15.3 Å². The summed E-state index contributed by atoms with van der Waals surface area (Å²) in [4.78, 5) is 28.1. The Kier molecular flexibility index (Phi) is 5.75. The zero-order chi connectivity index (χ0) is 19.7. The molecule has 2 fully saturated rings. The van der Waals surface area contributed by atoms with Crippen molar-refractivity contribution in [2.45, 2.75) is 37.5 Å². The maximum Gasteiger partial charge on any atom is 0.282 e. The summed E-state index contributed by atoms with van der Waals surface area (Å²) in [5.74, 6) is -0.393. The lowest BCUT2D eigenvalue weighted by Crippen LogP contribution is -2.47. The second-order valence-corrected chi connectivity index (χ2v) is 7.34. The summed E-state index contributed by atoms with van der Waals surface area (Å²) in [6.45, 7) is 1.79. The first kappa shape index (κ1) is 19.7. The second kappa shape index (κ2) is 7.89. The molecule has 150 valence electrons. The molecule has 3 heterocycles. The molecule has 3 atom stereocenters. The van der Waals surface area contributed by atoms with Crippen molar-refractivity contribution in [3.8, 4) is 0 Å². The number of ether oxygens (including phenoxy) is 1. The lowest BCUT2D eigenvalue weighted by atomic mass is 10.1. The molecule has 8 nitrogen and oxygen atoms in total. The van der Waals surface area contributed by atoms with Gasteiger partial charge in [-0.1, -0.05) is 0 Å². The maximum absolute atomic E-state index is 12.8. The number of morpholine rings is 1. The first-order chi connectivity index (χ1) is 12.7. The Morgan fingerprint density at radius 2 is 2.15 bits per heavy atom. The number of hydrogen-bond donors (Lipinski definition) is 1. The van der Waals surface area contributed by atoms with Gasteiger partial charge in [0.25, 0.3) is 12.3 Å². The van der Waals surface area contributed by atoms with E-state index < -0.39 is 18.0 Å². The molecule has 0 aromatic carbocycles. The Labute approximate surface area is 156 Å². The molecule has 3 rings (SSSR count). The molecule has 0 unspecified atom stereocenters. The SMILES string of the molecule is CN(C)C(=O)C[C@H]1CN2C[C@@H](NC(=O)c3cc(C(F)F)nn3C)C[C@H]2CO1. The number of halogens is 2. The van der Waals surface area contributed by atoms with Crippen LogP contribution in [0.1, 0.15) is 35.4 Å². The van der Waals surface area contributed by atoms with Gasteiger partial charge in [-0.15, -0.1) is 0 Å².